The summed E-state index contributed by atoms with van der Waals surface area (Å²) >= 11 is 15.0. The molecule has 0 atom stereocenters. The van der Waals surface area contributed by atoms with Crippen LogP contribution in [0.3, 0.4) is 0 Å². The Kier molecular flexibility index (Phi) is 3.92. The summed E-state index contributed by atoms with van der Waals surface area (Å²) in [4.78, 5) is 2.48. The lowest BCUT2D eigenvalue weighted by Crippen LogP contribution is -1.87. The van der Waals surface area contributed by atoms with Crippen molar-refractivity contribution in [1.82, 2.24) is 0 Å². The molecule has 0 spiro atoms. The second-order valence-corrected chi connectivity index (χ2v) is 7.05. The molecule has 3 aromatic rings. The molecule has 0 unspecified atom stereocenters. The van der Waals surface area contributed by atoms with Gasteiger partial charge in [0.2, 0.25) is 0 Å². The van der Waals surface area contributed by atoms with Crippen molar-refractivity contribution in [3.05, 3.63) is 50.6 Å². The molecule has 104 valence electrons. The number of nitrogen functional groups attached to an aromatic ring is 1. The average molecular weight is 351 g/mol. The van der Waals surface area contributed by atoms with Crippen LogP contribution in [-0.2, 0) is 0 Å². The molecule has 6 heteroatoms. The molecular formula is C15H8Cl2N2S2. The zero-order chi connectivity index (χ0) is 15.0. The summed E-state index contributed by atoms with van der Waals surface area (Å²) < 4.78 is 0. The fourth-order valence-electron chi connectivity index (χ4n) is 2.03. The average Bonchev–Trinajstić information content (AvgIpc) is 3.09. The lowest BCUT2D eigenvalue weighted by atomic mass is 10.1. The van der Waals surface area contributed by atoms with Gasteiger partial charge in [-0.1, -0.05) is 35.3 Å². The van der Waals surface area contributed by atoms with Crippen LogP contribution in [0, 0.1) is 11.3 Å². The number of hydrogen-bond donors (Lipinski definition) is 1. The van der Waals surface area contributed by atoms with E-state index in [9.17, 15) is 5.26 Å². The molecule has 0 radical (unpaired) electrons. The van der Waals surface area contributed by atoms with Gasteiger partial charge in [-0.05, 0) is 29.1 Å². The Labute approximate surface area is 140 Å². The van der Waals surface area contributed by atoms with Gasteiger partial charge in [-0.15, -0.1) is 22.7 Å². The highest BCUT2D eigenvalue weighted by Crippen LogP contribution is 2.46. The zero-order valence-corrected chi connectivity index (χ0v) is 13.7. The number of halogens is 2. The third-order valence-electron chi connectivity index (χ3n) is 3.00. The molecule has 0 aliphatic heterocycles. The van der Waals surface area contributed by atoms with Gasteiger partial charge >= 0.3 is 0 Å². The van der Waals surface area contributed by atoms with E-state index < -0.39 is 0 Å². The molecule has 2 nitrogen and oxygen atoms in total. The van der Waals surface area contributed by atoms with Gasteiger partial charge in [0, 0.05) is 15.3 Å². The highest BCUT2D eigenvalue weighted by molar-refractivity contribution is 7.19. The molecule has 2 N–H and O–H groups in total. The molecule has 3 rings (SSSR count). The van der Waals surface area contributed by atoms with Crippen LogP contribution >= 0.6 is 45.9 Å². The van der Waals surface area contributed by atoms with Crippen molar-refractivity contribution < 1.29 is 0 Å². The first-order chi connectivity index (χ1) is 10.1. The van der Waals surface area contributed by atoms with Gasteiger partial charge < -0.3 is 5.73 Å². The predicted molar refractivity (Wildman–Crippen MR) is 92.2 cm³/mol. The maximum Gasteiger partial charge on any atom is 0.129 e. The summed E-state index contributed by atoms with van der Waals surface area (Å²) in [5.41, 5.74) is 8.47. The van der Waals surface area contributed by atoms with Gasteiger partial charge in [0.25, 0.3) is 0 Å². The second-order valence-electron chi connectivity index (χ2n) is 4.27. The molecule has 0 fully saturated rings. The van der Waals surface area contributed by atoms with Crippen LogP contribution < -0.4 is 5.73 Å². The minimum Gasteiger partial charge on any atom is -0.396 e. The molecule has 1 aromatic carbocycles. The number of nitriles is 1. The quantitative estimate of drug-likeness (QED) is 0.624. The van der Waals surface area contributed by atoms with Crippen molar-refractivity contribution in [2.75, 3.05) is 5.73 Å². The lowest BCUT2D eigenvalue weighted by Gasteiger charge is -2.05. The Morgan fingerprint density at radius 2 is 1.95 bits per heavy atom. The van der Waals surface area contributed by atoms with E-state index in [1.807, 2.05) is 23.6 Å². The number of thiophene rings is 2. The molecule has 0 saturated carbocycles. The molecule has 0 saturated heterocycles. The van der Waals surface area contributed by atoms with Gasteiger partial charge in [0.05, 0.1) is 15.7 Å². The van der Waals surface area contributed by atoms with Crippen LogP contribution in [0.2, 0.25) is 10.0 Å². The van der Waals surface area contributed by atoms with Gasteiger partial charge in [0.15, 0.2) is 0 Å². The number of hydrogen-bond acceptors (Lipinski definition) is 4. The summed E-state index contributed by atoms with van der Waals surface area (Å²) in [6, 6.07) is 11.5. The first kappa shape index (κ1) is 14.4. The van der Waals surface area contributed by atoms with Crippen LogP contribution in [0.25, 0.3) is 20.9 Å². The van der Waals surface area contributed by atoms with E-state index in [2.05, 4.69) is 6.07 Å². The summed E-state index contributed by atoms with van der Waals surface area (Å²) in [6.45, 7) is 0. The van der Waals surface area contributed by atoms with E-state index in [-0.39, 0.29) is 0 Å². The smallest absolute Gasteiger partial charge is 0.129 e. The topological polar surface area (TPSA) is 49.8 Å². The SMILES string of the molecule is N#Cc1sc(-c2ccc(Cl)c(Cl)c2)c(-c2cccs2)c1N. The Morgan fingerprint density at radius 3 is 2.57 bits per heavy atom. The first-order valence-electron chi connectivity index (χ1n) is 5.93. The van der Waals surface area contributed by atoms with Crippen LogP contribution in [0.5, 0.6) is 0 Å². The van der Waals surface area contributed by atoms with Gasteiger partial charge in [-0.3, -0.25) is 0 Å². The lowest BCUT2D eigenvalue weighted by molar-refractivity contribution is 1.52. The summed E-state index contributed by atoms with van der Waals surface area (Å²) in [5, 5.41) is 12.2. The van der Waals surface area contributed by atoms with E-state index in [1.54, 1.807) is 23.5 Å². The molecular weight excluding hydrogens is 343 g/mol. The largest absolute Gasteiger partial charge is 0.396 e. The van der Waals surface area contributed by atoms with Crippen molar-refractivity contribution in [2.24, 2.45) is 0 Å². The van der Waals surface area contributed by atoms with Crippen LogP contribution in [0.1, 0.15) is 4.88 Å². The van der Waals surface area contributed by atoms with Gasteiger partial charge in [-0.2, -0.15) is 5.26 Å². The van der Waals surface area contributed by atoms with E-state index >= 15 is 0 Å². The van der Waals surface area contributed by atoms with E-state index in [0.29, 0.717) is 20.6 Å². The van der Waals surface area contributed by atoms with Crippen molar-refractivity contribution in [3.63, 3.8) is 0 Å². The molecule has 0 aliphatic carbocycles. The number of rotatable bonds is 2. The normalized spacial score (nSPS) is 10.5. The Hall–Kier alpha value is -1.51. The highest BCUT2D eigenvalue weighted by Gasteiger charge is 2.19. The first-order valence-corrected chi connectivity index (χ1v) is 8.38. The summed E-state index contributed by atoms with van der Waals surface area (Å²) in [7, 11) is 0. The third kappa shape index (κ3) is 2.54. The van der Waals surface area contributed by atoms with Crippen molar-refractivity contribution >= 4 is 51.6 Å². The van der Waals surface area contributed by atoms with Crippen LogP contribution in [0.4, 0.5) is 5.69 Å². The molecule has 21 heavy (non-hydrogen) atoms. The molecule has 2 heterocycles. The standard InChI is InChI=1S/C15H8Cl2N2S2/c16-9-4-3-8(6-10(9)17)15-13(11-2-1-5-20-11)14(19)12(7-18)21-15/h1-6H,19H2. The molecule has 2 aromatic heterocycles. The fraction of sp³-hybridized carbons (Fsp3) is 0. The zero-order valence-electron chi connectivity index (χ0n) is 10.6. The summed E-state index contributed by atoms with van der Waals surface area (Å²) in [5.74, 6) is 0. The Balaban J connectivity index is 2.27. The number of nitrogens with two attached hydrogens (primary N) is 1. The van der Waals surface area contributed by atoms with Crippen molar-refractivity contribution in [2.45, 2.75) is 0 Å². The molecule has 0 amide bonds. The predicted octanol–water partition coefficient (Wildman–Crippen LogP) is 5.90. The monoisotopic (exact) mass is 350 g/mol. The van der Waals surface area contributed by atoms with E-state index in [1.165, 1.54) is 11.3 Å². The maximum atomic E-state index is 9.24. The maximum absolute atomic E-state index is 9.24. The highest BCUT2D eigenvalue weighted by atomic mass is 35.5. The van der Waals surface area contributed by atoms with Crippen LogP contribution in [0.15, 0.2) is 35.7 Å². The minimum absolute atomic E-state index is 0.483. The second kappa shape index (κ2) is 5.70. The third-order valence-corrected chi connectivity index (χ3v) is 5.78. The summed E-state index contributed by atoms with van der Waals surface area (Å²) in [6.07, 6.45) is 0. The minimum atomic E-state index is 0.483. The van der Waals surface area contributed by atoms with E-state index in [0.717, 1.165) is 20.9 Å². The van der Waals surface area contributed by atoms with Crippen molar-refractivity contribution in [1.29, 1.82) is 5.26 Å². The fourth-order valence-corrected chi connectivity index (χ4v) is 4.22. The molecule has 0 bridgehead atoms. The van der Waals surface area contributed by atoms with Crippen molar-refractivity contribution in [3.8, 4) is 27.0 Å². The Bertz CT molecular complexity index is 845. The number of anilines is 1. The van der Waals surface area contributed by atoms with E-state index in [4.69, 9.17) is 28.9 Å². The number of benzene rings is 1. The Morgan fingerprint density at radius 1 is 1.14 bits per heavy atom. The van der Waals surface area contributed by atoms with Gasteiger partial charge in [0.1, 0.15) is 10.9 Å². The number of nitrogens with zero attached hydrogens (tertiary/aromatic N) is 1. The van der Waals surface area contributed by atoms with Crippen LogP contribution in [-0.4, -0.2) is 0 Å². The van der Waals surface area contributed by atoms with Gasteiger partial charge in [-0.25, -0.2) is 0 Å². The molecule has 0 aliphatic rings.